The molecule has 0 fully saturated rings. The van der Waals surface area contributed by atoms with Gasteiger partial charge in [-0.2, -0.15) is 0 Å². The summed E-state index contributed by atoms with van der Waals surface area (Å²) in [7, 11) is 1.32. The van der Waals surface area contributed by atoms with Crippen LogP contribution in [-0.2, 0) is 4.74 Å². The Hall–Kier alpha value is -0.740. The Labute approximate surface area is 108 Å². The lowest BCUT2D eigenvalue weighted by Gasteiger charge is -2.09. The molecule has 0 radical (unpaired) electrons. The lowest BCUT2D eigenvalue weighted by atomic mass is 10.2. The zero-order valence-electron chi connectivity index (χ0n) is 8.83. The van der Waals surface area contributed by atoms with Gasteiger partial charge in [0.25, 0.3) is 0 Å². The van der Waals surface area contributed by atoms with Crippen LogP contribution in [0.4, 0.5) is 0 Å². The van der Waals surface area contributed by atoms with E-state index in [2.05, 4.69) is 20.7 Å². The van der Waals surface area contributed by atoms with Crippen molar-refractivity contribution < 1.29 is 14.3 Å². The molecule has 0 aliphatic carbocycles. The summed E-state index contributed by atoms with van der Waals surface area (Å²) in [5.74, 6) is 0.0496. The third kappa shape index (κ3) is 3.68. The number of hydrogen-bond acceptors (Lipinski definition) is 3. The molecule has 1 aromatic rings. The smallest absolute Gasteiger partial charge is 0.341 e. The number of benzene rings is 1. The second-order valence-electron chi connectivity index (χ2n) is 3.02. The number of methoxy groups -OCH3 is 1. The third-order valence-electron chi connectivity index (χ3n) is 1.88. The molecule has 0 atom stereocenters. The first-order valence-electron chi connectivity index (χ1n) is 4.75. The Bertz CT molecular complexity index is 368. The molecule has 0 N–H and O–H groups in total. The number of alkyl halides is 1. The van der Waals surface area contributed by atoms with Crippen molar-refractivity contribution in [3.63, 3.8) is 0 Å². The highest BCUT2D eigenvalue weighted by Gasteiger charge is 2.13. The highest BCUT2D eigenvalue weighted by atomic mass is 79.9. The summed E-state index contributed by atoms with van der Waals surface area (Å²) in [5, 5.41) is 1.34. The van der Waals surface area contributed by atoms with Gasteiger partial charge in [-0.05, 0) is 24.6 Å². The molecule has 0 unspecified atom stereocenters. The average Bonchev–Trinajstić information content (AvgIpc) is 2.30. The quantitative estimate of drug-likeness (QED) is 0.476. The maximum Gasteiger partial charge on any atom is 0.341 e. The average molecular weight is 308 g/mol. The number of halogens is 2. The van der Waals surface area contributed by atoms with E-state index < -0.39 is 5.97 Å². The van der Waals surface area contributed by atoms with Gasteiger partial charge < -0.3 is 9.47 Å². The summed E-state index contributed by atoms with van der Waals surface area (Å²) in [6.07, 6.45) is 0.864. The van der Waals surface area contributed by atoms with Crippen molar-refractivity contribution in [2.75, 3.05) is 19.0 Å². The zero-order chi connectivity index (χ0) is 12.0. The number of ether oxygens (including phenoxy) is 2. The molecule has 0 aliphatic heterocycles. The summed E-state index contributed by atoms with van der Waals surface area (Å²) in [5.41, 5.74) is 0.351. The fraction of sp³-hybridized carbons (Fsp3) is 0.364. The Balaban J connectivity index is 2.85. The van der Waals surface area contributed by atoms with E-state index in [1.807, 2.05) is 0 Å². The van der Waals surface area contributed by atoms with Gasteiger partial charge in [-0.3, -0.25) is 0 Å². The number of rotatable bonds is 5. The third-order valence-corrected chi connectivity index (χ3v) is 2.68. The summed E-state index contributed by atoms with van der Waals surface area (Å²) in [6.45, 7) is 0.539. The van der Waals surface area contributed by atoms with Crippen LogP contribution in [0.5, 0.6) is 5.75 Å². The molecule has 0 saturated carbocycles. The molecule has 88 valence electrons. The van der Waals surface area contributed by atoms with Crippen LogP contribution < -0.4 is 4.74 Å². The Morgan fingerprint density at radius 2 is 2.25 bits per heavy atom. The molecule has 1 aromatic carbocycles. The standard InChI is InChI=1S/C11H12BrClO3/c1-15-11(14)9-7-8(13)3-4-10(9)16-6-2-5-12/h3-4,7H,2,5-6H2,1H3. The summed E-state index contributed by atoms with van der Waals surface area (Å²) in [6, 6.07) is 4.89. The van der Waals surface area contributed by atoms with E-state index in [0.717, 1.165) is 11.8 Å². The van der Waals surface area contributed by atoms with Crippen molar-refractivity contribution >= 4 is 33.5 Å². The molecular weight excluding hydrogens is 295 g/mol. The maximum absolute atomic E-state index is 11.4. The Morgan fingerprint density at radius 3 is 2.88 bits per heavy atom. The van der Waals surface area contributed by atoms with Gasteiger partial charge in [0.2, 0.25) is 0 Å². The topological polar surface area (TPSA) is 35.5 Å². The Kier molecular flexibility index (Phi) is 5.63. The van der Waals surface area contributed by atoms with Crippen molar-refractivity contribution in [3.8, 4) is 5.75 Å². The van der Waals surface area contributed by atoms with Crippen LogP contribution in [0.1, 0.15) is 16.8 Å². The van der Waals surface area contributed by atoms with Crippen LogP contribution >= 0.6 is 27.5 Å². The van der Waals surface area contributed by atoms with Crippen LogP contribution in [0.15, 0.2) is 18.2 Å². The minimum Gasteiger partial charge on any atom is -0.493 e. The minimum absolute atomic E-state index is 0.351. The van der Waals surface area contributed by atoms with Crippen molar-refractivity contribution in [2.24, 2.45) is 0 Å². The Morgan fingerprint density at radius 1 is 1.50 bits per heavy atom. The van der Waals surface area contributed by atoms with Crippen molar-refractivity contribution in [1.29, 1.82) is 0 Å². The van der Waals surface area contributed by atoms with E-state index in [-0.39, 0.29) is 0 Å². The van der Waals surface area contributed by atoms with Crippen molar-refractivity contribution in [3.05, 3.63) is 28.8 Å². The van der Waals surface area contributed by atoms with Gasteiger partial charge in [0.05, 0.1) is 13.7 Å². The molecule has 0 amide bonds. The molecule has 1 rings (SSSR count). The second-order valence-corrected chi connectivity index (χ2v) is 4.25. The number of carbonyl (C=O) groups is 1. The van der Waals surface area contributed by atoms with Gasteiger partial charge >= 0.3 is 5.97 Å². The number of hydrogen-bond donors (Lipinski definition) is 0. The molecular formula is C11H12BrClO3. The normalized spacial score (nSPS) is 9.94. The van der Waals surface area contributed by atoms with Gasteiger partial charge in [0.15, 0.2) is 0 Å². The van der Waals surface area contributed by atoms with E-state index in [1.165, 1.54) is 13.2 Å². The zero-order valence-corrected chi connectivity index (χ0v) is 11.2. The predicted molar refractivity (Wildman–Crippen MR) is 66.7 cm³/mol. The maximum atomic E-state index is 11.4. The minimum atomic E-state index is -0.448. The van der Waals surface area contributed by atoms with Gasteiger partial charge in [0, 0.05) is 10.4 Å². The van der Waals surface area contributed by atoms with Gasteiger partial charge in [-0.15, -0.1) is 0 Å². The lowest BCUT2D eigenvalue weighted by Crippen LogP contribution is -2.06. The van der Waals surface area contributed by atoms with Crippen LogP contribution in [0, 0.1) is 0 Å². The molecule has 0 bridgehead atoms. The first-order chi connectivity index (χ1) is 7.69. The lowest BCUT2D eigenvalue weighted by molar-refractivity contribution is 0.0596. The monoisotopic (exact) mass is 306 g/mol. The molecule has 3 nitrogen and oxygen atoms in total. The fourth-order valence-corrected chi connectivity index (χ4v) is 1.54. The van der Waals surface area contributed by atoms with Crippen LogP contribution in [0.2, 0.25) is 5.02 Å². The fourth-order valence-electron chi connectivity index (χ4n) is 1.13. The van der Waals surface area contributed by atoms with Crippen molar-refractivity contribution in [2.45, 2.75) is 6.42 Å². The second kappa shape index (κ2) is 6.76. The van der Waals surface area contributed by atoms with Gasteiger partial charge in [-0.25, -0.2) is 4.79 Å². The van der Waals surface area contributed by atoms with Gasteiger partial charge in [-0.1, -0.05) is 27.5 Å². The molecule has 0 saturated heterocycles. The molecule has 0 spiro atoms. The number of esters is 1. The predicted octanol–water partition coefficient (Wildman–Crippen LogP) is 3.29. The van der Waals surface area contributed by atoms with E-state index in [1.54, 1.807) is 12.1 Å². The highest BCUT2D eigenvalue weighted by Crippen LogP contribution is 2.23. The SMILES string of the molecule is COC(=O)c1cc(Cl)ccc1OCCCBr. The molecule has 0 aromatic heterocycles. The molecule has 0 heterocycles. The first kappa shape index (κ1) is 13.3. The molecule has 16 heavy (non-hydrogen) atoms. The van der Waals surface area contributed by atoms with Crippen molar-refractivity contribution in [1.82, 2.24) is 0 Å². The number of carbonyl (C=O) groups excluding carboxylic acids is 1. The van der Waals surface area contributed by atoms with Gasteiger partial charge in [0.1, 0.15) is 11.3 Å². The van der Waals surface area contributed by atoms with Crippen LogP contribution in [0.3, 0.4) is 0 Å². The van der Waals surface area contributed by atoms with E-state index >= 15 is 0 Å². The first-order valence-corrected chi connectivity index (χ1v) is 6.25. The van der Waals surface area contributed by atoms with Crippen LogP contribution in [0.25, 0.3) is 0 Å². The highest BCUT2D eigenvalue weighted by molar-refractivity contribution is 9.09. The summed E-state index contributed by atoms with van der Waals surface area (Å²) in [4.78, 5) is 11.4. The largest absolute Gasteiger partial charge is 0.493 e. The van der Waals surface area contributed by atoms with E-state index in [9.17, 15) is 4.79 Å². The van der Waals surface area contributed by atoms with E-state index in [0.29, 0.717) is 22.9 Å². The molecule has 0 aliphatic rings. The van der Waals surface area contributed by atoms with E-state index in [4.69, 9.17) is 16.3 Å². The summed E-state index contributed by atoms with van der Waals surface area (Å²) < 4.78 is 10.1. The van der Waals surface area contributed by atoms with Crippen LogP contribution in [-0.4, -0.2) is 25.0 Å². The summed E-state index contributed by atoms with van der Waals surface area (Å²) >= 11 is 9.11. The molecule has 5 heteroatoms.